The minimum absolute atomic E-state index is 0.123. The van der Waals surface area contributed by atoms with Gasteiger partial charge in [0, 0.05) is 24.5 Å². The molecule has 2 aromatic carbocycles. The van der Waals surface area contributed by atoms with Gasteiger partial charge in [-0.2, -0.15) is 0 Å². The number of carboxylic acid groups (broad SMARTS) is 1. The van der Waals surface area contributed by atoms with Crippen molar-refractivity contribution in [1.29, 1.82) is 0 Å². The molecule has 3 aromatic rings. The van der Waals surface area contributed by atoms with E-state index in [1.165, 1.54) is 6.92 Å². The SMILES string of the molecule is CC(=O)Nc1ccc(N=Cc2cccn2-c2cccc(C(=O)O)c2)cc1. The van der Waals surface area contributed by atoms with E-state index in [9.17, 15) is 9.59 Å². The van der Waals surface area contributed by atoms with Gasteiger partial charge in [-0.15, -0.1) is 0 Å². The zero-order valence-electron chi connectivity index (χ0n) is 14.1. The van der Waals surface area contributed by atoms with Crippen molar-refractivity contribution in [2.75, 3.05) is 5.32 Å². The number of nitrogens with one attached hydrogen (secondary N) is 1. The molecule has 1 amide bonds. The molecule has 0 atom stereocenters. The van der Waals surface area contributed by atoms with Crippen molar-refractivity contribution in [2.45, 2.75) is 6.92 Å². The van der Waals surface area contributed by atoms with Gasteiger partial charge in [0.15, 0.2) is 0 Å². The van der Waals surface area contributed by atoms with Crippen LogP contribution in [0.3, 0.4) is 0 Å². The second-order valence-electron chi connectivity index (χ2n) is 5.64. The molecule has 2 N–H and O–H groups in total. The molecule has 3 rings (SSSR count). The molecule has 0 bridgehead atoms. The van der Waals surface area contributed by atoms with E-state index in [2.05, 4.69) is 10.3 Å². The van der Waals surface area contributed by atoms with Crippen molar-refractivity contribution in [1.82, 2.24) is 4.57 Å². The lowest BCUT2D eigenvalue weighted by molar-refractivity contribution is -0.114. The molecule has 0 unspecified atom stereocenters. The molecule has 0 aliphatic carbocycles. The number of anilines is 1. The van der Waals surface area contributed by atoms with Crippen molar-refractivity contribution in [3.63, 3.8) is 0 Å². The Morgan fingerprint density at radius 2 is 1.85 bits per heavy atom. The Balaban J connectivity index is 1.83. The maximum absolute atomic E-state index is 11.2. The van der Waals surface area contributed by atoms with Crippen LogP contribution >= 0.6 is 0 Å². The topological polar surface area (TPSA) is 83.7 Å². The number of aliphatic imine (C=N–C) groups is 1. The van der Waals surface area contributed by atoms with E-state index < -0.39 is 5.97 Å². The molecular weight excluding hydrogens is 330 g/mol. The maximum atomic E-state index is 11.2. The molecule has 0 aliphatic rings. The maximum Gasteiger partial charge on any atom is 0.335 e. The number of carbonyl (C=O) groups excluding carboxylic acids is 1. The van der Waals surface area contributed by atoms with Gasteiger partial charge < -0.3 is 15.0 Å². The van der Waals surface area contributed by atoms with E-state index in [1.54, 1.807) is 48.7 Å². The van der Waals surface area contributed by atoms with Crippen LogP contribution in [0.5, 0.6) is 0 Å². The molecule has 0 radical (unpaired) electrons. The normalized spacial score (nSPS) is 10.8. The van der Waals surface area contributed by atoms with Gasteiger partial charge in [-0.25, -0.2) is 4.79 Å². The Bertz CT molecular complexity index is 972. The first-order chi connectivity index (χ1) is 12.5. The molecule has 1 heterocycles. The van der Waals surface area contributed by atoms with Gasteiger partial charge in [-0.1, -0.05) is 6.07 Å². The van der Waals surface area contributed by atoms with Crippen LogP contribution in [0.2, 0.25) is 0 Å². The third-order valence-corrected chi connectivity index (χ3v) is 3.69. The number of rotatable bonds is 5. The number of carboxylic acids is 1. The molecule has 0 saturated carbocycles. The molecule has 6 nitrogen and oxygen atoms in total. The van der Waals surface area contributed by atoms with Gasteiger partial charge in [0.2, 0.25) is 5.91 Å². The first-order valence-corrected chi connectivity index (χ1v) is 7.96. The molecule has 0 fully saturated rings. The number of hydrogen-bond acceptors (Lipinski definition) is 3. The van der Waals surface area contributed by atoms with Crippen molar-refractivity contribution >= 4 is 29.5 Å². The highest BCUT2D eigenvalue weighted by Crippen LogP contribution is 2.18. The molecule has 0 spiro atoms. The summed E-state index contributed by atoms with van der Waals surface area (Å²) in [6, 6.07) is 17.7. The highest BCUT2D eigenvalue weighted by atomic mass is 16.4. The average molecular weight is 347 g/mol. The van der Waals surface area contributed by atoms with Crippen LogP contribution in [0.4, 0.5) is 11.4 Å². The lowest BCUT2D eigenvalue weighted by Gasteiger charge is -2.07. The lowest BCUT2D eigenvalue weighted by Crippen LogP contribution is -2.04. The molecule has 0 aliphatic heterocycles. The zero-order valence-corrected chi connectivity index (χ0v) is 14.1. The summed E-state index contributed by atoms with van der Waals surface area (Å²) in [7, 11) is 0. The van der Waals surface area contributed by atoms with Crippen LogP contribution in [0.1, 0.15) is 23.0 Å². The number of nitrogens with zero attached hydrogens (tertiary/aromatic N) is 2. The predicted octanol–water partition coefficient (Wildman–Crippen LogP) is 3.88. The molecule has 26 heavy (non-hydrogen) atoms. The number of hydrogen-bond donors (Lipinski definition) is 2. The number of aromatic nitrogens is 1. The Kier molecular flexibility index (Phi) is 4.94. The van der Waals surface area contributed by atoms with Crippen molar-refractivity contribution in [2.24, 2.45) is 4.99 Å². The van der Waals surface area contributed by atoms with Gasteiger partial charge in [-0.3, -0.25) is 9.79 Å². The number of carbonyl (C=O) groups is 2. The summed E-state index contributed by atoms with van der Waals surface area (Å²) in [5, 5.41) is 11.8. The van der Waals surface area contributed by atoms with E-state index in [0.29, 0.717) is 5.69 Å². The molecule has 130 valence electrons. The molecule has 1 aromatic heterocycles. The third-order valence-electron chi connectivity index (χ3n) is 3.69. The van der Waals surface area contributed by atoms with Gasteiger partial charge in [-0.05, 0) is 54.6 Å². The summed E-state index contributed by atoms with van der Waals surface area (Å²) in [5.74, 6) is -1.09. The largest absolute Gasteiger partial charge is 0.478 e. The molecular formula is C20H17N3O3. The monoisotopic (exact) mass is 347 g/mol. The van der Waals surface area contributed by atoms with Crippen LogP contribution in [-0.2, 0) is 4.79 Å². The van der Waals surface area contributed by atoms with Gasteiger partial charge >= 0.3 is 5.97 Å². The van der Waals surface area contributed by atoms with Crippen LogP contribution in [0, 0.1) is 0 Å². The van der Waals surface area contributed by atoms with Crippen LogP contribution in [0.15, 0.2) is 71.9 Å². The average Bonchev–Trinajstić information content (AvgIpc) is 3.09. The number of benzene rings is 2. The van der Waals surface area contributed by atoms with Gasteiger partial charge in [0.25, 0.3) is 0 Å². The summed E-state index contributed by atoms with van der Waals surface area (Å²) in [6.07, 6.45) is 3.56. The Morgan fingerprint density at radius 1 is 1.08 bits per heavy atom. The summed E-state index contributed by atoms with van der Waals surface area (Å²) < 4.78 is 1.86. The van der Waals surface area contributed by atoms with E-state index in [1.807, 2.05) is 29.0 Å². The van der Waals surface area contributed by atoms with Gasteiger partial charge in [0.05, 0.1) is 23.2 Å². The smallest absolute Gasteiger partial charge is 0.335 e. The summed E-state index contributed by atoms with van der Waals surface area (Å²) in [6.45, 7) is 1.46. The molecule has 0 saturated heterocycles. The summed E-state index contributed by atoms with van der Waals surface area (Å²) in [4.78, 5) is 26.6. The fraction of sp³-hybridized carbons (Fsp3) is 0.0500. The predicted molar refractivity (Wildman–Crippen MR) is 101 cm³/mol. The molecule has 6 heteroatoms. The highest BCUT2D eigenvalue weighted by Gasteiger charge is 2.06. The fourth-order valence-electron chi connectivity index (χ4n) is 2.50. The second kappa shape index (κ2) is 7.48. The Morgan fingerprint density at radius 3 is 2.54 bits per heavy atom. The minimum Gasteiger partial charge on any atom is -0.478 e. The summed E-state index contributed by atoms with van der Waals surface area (Å²) in [5.41, 5.74) is 3.25. The van der Waals surface area contributed by atoms with E-state index in [4.69, 9.17) is 5.11 Å². The highest BCUT2D eigenvalue weighted by molar-refractivity contribution is 5.89. The second-order valence-corrected chi connectivity index (χ2v) is 5.64. The van der Waals surface area contributed by atoms with Crippen LogP contribution < -0.4 is 5.32 Å². The van der Waals surface area contributed by atoms with E-state index in [0.717, 1.165) is 17.1 Å². The first kappa shape index (κ1) is 17.2. The third kappa shape index (κ3) is 4.05. The van der Waals surface area contributed by atoms with Crippen LogP contribution in [0.25, 0.3) is 5.69 Å². The van der Waals surface area contributed by atoms with Crippen LogP contribution in [-0.4, -0.2) is 27.8 Å². The van der Waals surface area contributed by atoms with Crippen molar-refractivity contribution in [3.05, 3.63) is 78.1 Å². The standard InChI is InChI=1S/C20H17N3O3/c1-14(24)22-17-9-7-16(8-10-17)21-13-19-6-3-11-23(19)18-5-2-4-15(12-18)20(25)26/h2-13H,1H3,(H,22,24)(H,25,26). The van der Waals surface area contributed by atoms with Crippen molar-refractivity contribution < 1.29 is 14.7 Å². The first-order valence-electron chi connectivity index (χ1n) is 7.96. The Hall–Kier alpha value is -3.67. The van der Waals surface area contributed by atoms with Gasteiger partial charge in [0.1, 0.15) is 0 Å². The number of aromatic carboxylic acids is 1. The van der Waals surface area contributed by atoms with E-state index in [-0.39, 0.29) is 11.5 Å². The fourth-order valence-corrected chi connectivity index (χ4v) is 2.50. The summed E-state index contributed by atoms with van der Waals surface area (Å²) >= 11 is 0. The van der Waals surface area contributed by atoms with Crippen molar-refractivity contribution in [3.8, 4) is 5.69 Å². The number of amides is 1. The van der Waals surface area contributed by atoms with E-state index >= 15 is 0 Å². The lowest BCUT2D eigenvalue weighted by atomic mass is 10.2. The quantitative estimate of drug-likeness (QED) is 0.687. The Labute approximate surface area is 150 Å². The zero-order chi connectivity index (χ0) is 18.5. The minimum atomic E-state index is -0.964.